The number of amidine groups is 1. The minimum Gasteiger partial charge on any atom is -0.493 e. The molecule has 0 spiro atoms. The number of carbonyl (C=O) groups is 1. The molecule has 0 saturated carbocycles. The zero-order valence-corrected chi connectivity index (χ0v) is 23.7. The standard InChI is InChI=1S/C28H26BrN3O6S/c1-3-37-13-12-31-27(33)26(39-28(31)30-21-9-5-4-6-10-21)16-20-15-24(36-2)25(17-23(20)29)38-18-19-8-7-11-22(14-19)32(34)35/h4-11,14-17H,3,12-13,18H2,1-2H3/b26-16-,30-28?. The summed E-state index contributed by atoms with van der Waals surface area (Å²) >= 11 is 4.87. The number of halogens is 1. The van der Waals surface area contributed by atoms with E-state index in [2.05, 4.69) is 15.9 Å². The van der Waals surface area contributed by atoms with Gasteiger partial charge in [-0.15, -0.1) is 0 Å². The molecule has 1 aliphatic heterocycles. The van der Waals surface area contributed by atoms with Crippen LogP contribution in [-0.2, 0) is 16.1 Å². The number of nitro benzene ring substituents is 1. The van der Waals surface area contributed by atoms with Crippen LogP contribution in [-0.4, -0.2) is 47.8 Å². The Morgan fingerprint density at radius 1 is 1.10 bits per heavy atom. The molecule has 3 aromatic rings. The van der Waals surface area contributed by atoms with E-state index in [4.69, 9.17) is 19.2 Å². The fourth-order valence-electron chi connectivity index (χ4n) is 3.70. The van der Waals surface area contributed by atoms with Crippen molar-refractivity contribution in [2.45, 2.75) is 13.5 Å². The maximum Gasteiger partial charge on any atom is 0.269 e. The molecule has 1 aliphatic rings. The summed E-state index contributed by atoms with van der Waals surface area (Å²) in [5, 5.41) is 11.6. The van der Waals surface area contributed by atoms with Crippen molar-refractivity contribution in [1.82, 2.24) is 4.90 Å². The molecule has 39 heavy (non-hydrogen) atoms. The maximum atomic E-state index is 13.4. The Morgan fingerprint density at radius 2 is 1.90 bits per heavy atom. The van der Waals surface area contributed by atoms with Crippen LogP contribution in [0.5, 0.6) is 11.5 Å². The van der Waals surface area contributed by atoms with Gasteiger partial charge in [-0.1, -0.05) is 46.3 Å². The summed E-state index contributed by atoms with van der Waals surface area (Å²) in [6.45, 7) is 3.38. The lowest BCUT2D eigenvalue weighted by molar-refractivity contribution is -0.384. The molecule has 1 saturated heterocycles. The van der Waals surface area contributed by atoms with E-state index in [1.807, 2.05) is 37.3 Å². The molecule has 1 fully saturated rings. The highest BCUT2D eigenvalue weighted by Gasteiger charge is 2.33. The first-order chi connectivity index (χ1) is 18.9. The fraction of sp³-hybridized carbons (Fsp3) is 0.214. The van der Waals surface area contributed by atoms with E-state index in [-0.39, 0.29) is 18.2 Å². The van der Waals surface area contributed by atoms with Crippen LogP contribution in [0.3, 0.4) is 0 Å². The summed E-state index contributed by atoms with van der Waals surface area (Å²) in [5.41, 5.74) is 2.12. The van der Waals surface area contributed by atoms with E-state index in [1.54, 1.807) is 35.2 Å². The zero-order chi connectivity index (χ0) is 27.8. The van der Waals surface area contributed by atoms with Crippen LogP contribution in [0.25, 0.3) is 6.08 Å². The van der Waals surface area contributed by atoms with Crippen molar-refractivity contribution in [2.24, 2.45) is 4.99 Å². The molecule has 0 bridgehead atoms. The summed E-state index contributed by atoms with van der Waals surface area (Å²) in [4.78, 5) is 30.8. The number of para-hydroxylation sites is 1. The van der Waals surface area contributed by atoms with Crippen molar-refractivity contribution in [3.63, 3.8) is 0 Å². The van der Waals surface area contributed by atoms with E-state index in [0.717, 1.165) is 11.3 Å². The van der Waals surface area contributed by atoms with Crippen LogP contribution in [0.4, 0.5) is 11.4 Å². The maximum absolute atomic E-state index is 13.4. The number of nitrogens with zero attached hydrogens (tertiary/aromatic N) is 3. The van der Waals surface area contributed by atoms with Gasteiger partial charge in [-0.25, -0.2) is 4.99 Å². The number of ether oxygens (including phenoxy) is 3. The number of non-ortho nitro benzene ring substituents is 1. The number of rotatable bonds is 11. The number of thioether (sulfide) groups is 1. The molecule has 1 amide bonds. The van der Waals surface area contributed by atoms with Crippen LogP contribution in [0.1, 0.15) is 18.1 Å². The molecule has 4 rings (SSSR count). The average molecular weight is 613 g/mol. The van der Waals surface area contributed by atoms with Gasteiger partial charge in [0.2, 0.25) is 0 Å². The van der Waals surface area contributed by atoms with Crippen LogP contribution < -0.4 is 9.47 Å². The van der Waals surface area contributed by atoms with Crippen molar-refractivity contribution < 1.29 is 23.9 Å². The minimum atomic E-state index is -0.445. The monoisotopic (exact) mass is 611 g/mol. The predicted molar refractivity (Wildman–Crippen MR) is 155 cm³/mol. The van der Waals surface area contributed by atoms with Crippen LogP contribution in [0.2, 0.25) is 0 Å². The predicted octanol–water partition coefficient (Wildman–Crippen LogP) is 6.59. The molecule has 202 valence electrons. The fourth-order valence-corrected chi connectivity index (χ4v) is 5.15. The number of amides is 1. The van der Waals surface area contributed by atoms with Crippen molar-refractivity contribution in [3.8, 4) is 11.5 Å². The lowest BCUT2D eigenvalue weighted by Gasteiger charge is -2.15. The Balaban J connectivity index is 1.58. The van der Waals surface area contributed by atoms with Crippen LogP contribution in [0, 0.1) is 10.1 Å². The van der Waals surface area contributed by atoms with Gasteiger partial charge in [0.25, 0.3) is 11.6 Å². The lowest BCUT2D eigenvalue weighted by Crippen LogP contribution is -2.32. The van der Waals surface area contributed by atoms with Crippen molar-refractivity contribution in [2.75, 3.05) is 26.9 Å². The minimum absolute atomic E-state index is 0.00424. The Bertz CT molecular complexity index is 1410. The third-order valence-corrected chi connectivity index (χ3v) is 7.31. The van der Waals surface area contributed by atoms with Crippen molar-refractivity contribution in [3.05, 3.63) is 97.3 Å². The first-order valence-electron chi connectivity index (χ1n) is 12.1. The molecule has 1 heterocycles. The Morgan fingerprint density at radius 3 is 2.62 bits per heavy atom. The molecule has 0 N–H and O–H groups in total. The normalized spacial score (nSPS) is 15.3. The SMILES string of the molecule is CCOCCN1C(=O)/C(=C/c2cc(OC)c(OCc3cccc([N+](=O)[O-])c3)cc2Br)SC1=Nc1ccccc1. The molecule has 3 aromatic carbocycles. The van der Waals surface area contributed by atoms with Crippen LogP contribution in [0.15, 0.2) is 81.1 Å². The first kappa shape index (κ1) is 28.3. The summed E-state index contributed by atoms with van der Waals surface area (Å²) in [6.07, 6.45) is 1.78. The number of carbonyl (C=O) groups excluding carboxylic acids is 1. The highest BCUT2D eigenvalue weighted by molar-refractivity contribution is 9.10. The zero-order valence-electron chi connectivity index (χ0n) is 21.3. The number of benzene rings is 3. The second-order valence-corrected chi connectivity index (χ2v) is 10.1. The van der Waals surface area contributed by atoms with Gasteiger partial charge in [0.1, 0.15) is 6.61 Å². The van der Waals surface area contributed by atoms with E-state index in [1.165, 1.54) is 31.0 Å². The molecular weight excluding hydrogens is 586 g/mol. The van der Waals surface area contributed by atoms with Gasteiger partial charge in [0, 0.05) is 23.2 Å². The topological polar surface area (TPSA) is 104 Å². The molecule has 0 atom stereocenters. The van der Waals surface area contributed by atoms with Crippen LogP contribution >= 0.6 is 27.7 Å². The van der Waals surface area contributed by atoms with Gasteiger partial charge in [-0.05, 0) is 60.2 Å². The molecular formula is C28H26BrN3O6S. The number of hydrogen-bond donors (Lipinski definition) is 0. The van der Waals surface area contributed by atoms with Gasteiger partial charge < -0.3 is 14.2 Å². The summed E-state index contributed by atoms with van der Waals surface area (Å²) in [7, 11) is 1.52. The van der Waals surface area contributed by atoms with E-state index < -0.39 is 4.92 Å². The van der Waals surface area contributed by atoms with Gasteiger partial charge in [-0.3, -0.25) is 19.8 Å². The number of methoxy groups -OCH3 is 1. The van der Waals surface area contributed by atoms with Gasteiger partial charge in [0.15, 0.2) is 16.7 Å². The lowest BCUT2D eigenvalue weighted by atomic mass is 10.1. The number of aliphatic imine (C=N–C) groups is 1. The highest BCUT2D eigenvalue weighted by Crippen LogP contribution is 2.39. The molecule has 0 radical (unpaired) electrons. The number of hydrogen-bond acceptors (Lipinski definition) is 8. The molecule has 0 aliphatic carbocycles. The van der Waals surface area contributed by atoms with E-state index in [9.17, 15) is 14.9 Å². The molecule has 9 nitrogen and oxygen atoms in total. The van der Waals surface area contributed by atoms with Gasteiger partial charge >= 0.3 is 0 Å². The Kier molecular flexibility index (Phi) is 9.74. The van der Waals surface area contributed by atoms with Crippen molar-refractivity contribution in [1.29, 1.82) is 0 Å². The third kappa shape index (κ3) is 7.25. The van der Waals surface area contributed by atoms with E-state index >= 15 is 0 Å². The molecule has 0 aromatic heterocycles. The van der Waals surface area contributed by atoms with Crippen molar-refractivity contribution >= 4 is 56.2 Å². The van der Waals surface area contributed by atoms with E-state index in [0.29, 0.717) is 51.4 Å². The smallest absolute Gasteiger partial charge is 0.269 e. The largest absolute Gasteiger partial charge is 0.493 e. The molecule has 0 unspecified atom stereocenters. The summed E-state index contributed by atoms with van der Waals surface area (Å²) in [6, 6.07) is 19.3. The Hall–Kier alpha value is -3.67. The highest BCUT2D eigenvalue weighted by atomic mass is 79.9. The second kappa shape index (κ2) is 13.4. The summed E-state index contributed by atoms with van der Waals surface area (Å²) in [5.74, 6) is 0.747. The quantitative estimate of drug-likeness (QED) is 0.104. The summed E-state index contributed by atoms with van der Waals surface area (Å²) < 4.78 is 17.6. The second-order valence-electron chi connectivity index (χ2n) is 8.23. The van der Waals surface area contributed by atoms with Gasteiger partial charge in [0.05, 0.1) is 35.8 Å². The molecule has 11 heteroatoms. The average Bonchev–Trinajstić information content (AvgIpc) is 3.22. The van der Waals surface area contributed by atoms with Gasteiger partial charge in [-0.2, -0.15) is 0 Å². The Labute approximate surface area is 238 Å². The third-order valence-electron chi connectivity index (χ3n) is 5.62. The first-order valence-corrected chi connectivity index (χ1v) is 13.7. The number of nitro groups is 1.